The number of amidine groups is 1. The molecule has 35 heavy (non-hydrogen) atoms. The summed E-state index contributed by atoms with van der Waals surface area (Å²) in [6.07, 6.45) is 1.80. The predicted octanol–water partition coefficient (Wildman–Crippen LogP) is 7.56. The van der Waals surface area contributed by atoms with E-state index in [4.69, 9.17) is 9.47 Å². The molecule has 1 saturated heterocycles. The summed E-state index contributed by atoms with van der Waals surface area (Å²) in [5, 5.41) is 0.552. The second kappa shape index (κ2) is 11.4. The number of rotatable bonds is 7. The van der Waals surface area contributed by atoms with Crippen molar-refractivity contribution >= 4 is 66.5 Å². The van der Waals surface area contributed by atoms with Crippen molar-refractivity contribution in [1.29, 1.82) is 0 Å². The Labute approximate surface area is 224 Å². The highest BCUT2D eigenvalue weighted by molar-refractivity contribution is 9.10. The Morgan fingerprint density at radius 2 is 1.80 bits per heavy atom. The molecule has 0 atom stereocenters. The molecule has 0 bridgehead atoms. The summed E-state index contributed by atoms with van der Waals surface area (Å²) in [4.78, 5) is 19.7. The summed E-state index contributed by atoms with van der Waals surface area (Å²) < 4.78 is 26.5. The van der Waals surface area contributed by atoms with Crippen LogP contribution in [0.5, 0.6) is 11.5 Å². The molecular formula is C26H21Br2FN2O3S. The first kappa shape index (κ1) is 25.5. The molecule has 4 rings (SSSR count). The van der Waals surface area contributed by atoms with E-state index in [2.05, 4.69) is 36.9 Å². The zero-order valence-corrected chi connectivity index (χ0v) is 22.9. The zero-order valence-electron chi connectivity index (χ0n) is 18.9. The number of hydrogen-bond donors (Lipinski definition) is 0. The summed E-state index contributed by atoms with van der Waals surface area (Å²) in [5.74, 6) is 0.660. The number of carbonyl (C=O) groups excluding carboxylic acids is 1. The number of methoxy groups -OCH3 is 1. The van der Waals surface area contributed by atoms with Crippen molar-refractivity contribution in [2.24, 2.45) is 4.99 Å². The molecule has 1 amide bonds. The molecule has 0 aromatic heterocycles. The Morgan fingerprint density at radius 3 is 2.46 bits per heavy atom. The monoisotopic (exact) mass is 618 g/mol. The molecule has 0 aliphatic carbocycles. The molecule has 5 nitrogen and oxygen atoms in total. The molecule has 9 heteroatoms. The average Bonchev–Trinajstić information content (AvgIpc) is 3.14. The maximum atomic E-state index is 13.2. The first-order valence-corrected chi connectivity index (χ1v) is 13.1. The fraction of sp³-hybridized carbons (Fsp3) is 0.154. The van der Waals surface area contributed by atoms with Gasteiger partial charge in [0.1, 0.15) is 12.4 Å². The minimum atomic E-state index is -0.333. The van der Waals surface area contributed by atoms with Crippen LogP contribution in [0.3, 0.4) is 0 Å². The topological polar surface area (TPSA) is 51.1 Å². The van der Waals surface area contributed by atoms with E-state index in [0.717, 1.165) is 15.6 Å². The van der Waals surface area contributed by atoms with Crippen molar-refractivity contribution < 1.29 is 18.7 Å². The fourth-order valence-electron chi connectivity index (χ4n) is 3.35. The fourth-order valence-corrected chi connectivity index (χ4v) is 5.25. The molecule has 3 aromatic carbocycles. The van der Waals surface area contributed by atoms with Gasteiger partial charge in [0.2, 0.25) is 0 Å². The van der Waals surface area contributed by atoms with Gasteiger partial charge in [-0.1, -0.05) is 28.1 Å². The van der Waals surface area contributed by atoms with Crippen LogP contribution in [0.25, 0.3) is 6.08 Å². The van der Waals surface area contributed by atoms with Crippen molar-refractivity contribution in [3.8, 4) is 11.5 Å². The molecule has 0 saturated carbocycles. The van der Waals surface area contributed by atoms with Crippen LogP contribution in [0.15, 0.2) is 79.5 Å². The minimum Gasteiger partial charge on any atom is -0.493 e. The Kier molecular flexibility index (Phi) is 8.30. The van der Waals surface area contributed by atoms with Crippen molar-refractivity contribution in [3.05, 3.63) is 91.5 Å². The smallest absolute Gasteiger partial charge is 0.266 e. The lowest BCUT2D eigenvalue weighted by molar-refractivity contribution is -0.122. The number of carbonyl (C=O) groups is 1. The average molecular weight is 620 g/mol. The normalized spacial score (nSPS) is 15.8. The molecular weight excluding hydrogens is 599 g/mol. The van der Waals surface area contributed by atoms with Crippen LogP contribution in [0.1, 0.15) is 18.1 Å². The van der Waals surface area contributed by atoms with E-state index in [1.807, 2.05) is 43.3 Å². The molecule has 3 aromatic rings. The third kappa shape index (κ3) is 6.15. The molecule has 0 spiro atoms. The summed E-state index contributed by atoms with van der Waals surface area (Å²) in [5.41, 5.74) is 2.38. The minimum absolute atomic E-state index is 0.135. The van der Waals surface area contributed by atoms with Crippen LogP contribution in [-0.4, -0.2) is 29.6 Å². The molecule has 1 aliphatic rings. The predicted molar refractivity (Wildman–Crippen MR) is 146 cm³/mol. The van der Waals surface area contributed by atoms with Crippen molar-refractivity contribution in [2.75, 3.05) is 13.7 Å². The van der Waals surface area contributed by atoms with Gasteiger partial charge in [-0.25, -0.2) is 9.38 Å². The molecule has 1 aliphatic heterocycles. The Balaban J connectivity index is 1.58. The molecule has 1 fully saturated rings. The zero-order chi connectivity index (χ0) is 24.9. The van der Waals surface area contributed by atoms with Gasteiger partial charge in [-0.15, -0.1) is 0 Å². The highest BCUT2D eigenvalue weighted by Crippen LogP contribution is 2.40. The van der Waals surface area contributed by atoms with Crippen molar-refractivity contribution in [3.63, 3.8) is 0 Å². The second-order valence-corrected chi connectivity index (χ2v) is 10.3. The molecule has 0 unspecified atom stereocenters. The van der Waals surface area contributed by atoms with Crippen molar-refractivity contribution in [1.82, 2.24) is 4.90 Å². The Hall–Kier alpha value is -2.62. The molecule has 1 heterocycles. The largest absolute Gasteiger partial charge is 0.493 e. The van der Waals surface area contributed by atoms with Gasteiger partial charge in [-0.3, -0.25) is 9.69 Å². The van der Waals surface area contributed by atoms with Gasteiger partial charge in [0.25, 0.3) is 5.91 Å². The first-order chi connectivity index (χ1) is 16.9. The van der Waals surface area contributed by atoms with Crippen LogP contribution >= 0.6 is 43.6 Å². The van der Waals surface area contributed by atoms with E-state index in [1.165, 1.54) is 23.9 Å². The van der Waals surface area contributed by atoms with Crippen LogP contribution in [0.4, 0.5) is 10.1 Å². The molecule has 180 valence electrons. The second-order valence-electron chi connectivity index (χ2n) is 7.48. The quantitative estimate of drug-likeness (QED) is 0.256. The van der Waals surface area contributed by atoms with Crippen LogP contribution in [0, 0.1) is 5.82 Å². The number of nitrogens with zero attached hydrogens (tertiary/aromatic N) is 2. The lowest BCUT2D eigenvalue weighted by Gasteiger charge is -2.14. The maximum absolute atomic E-state index is 13.2. The number of likely N-dealkylation sites (N-methyl/N-ethyl adjacent to an activating group) is 1. The number of amides is 1. The van der Waals surface area contributed by atoms with Gasteiger partial charge in [-0.05, 0) is 100 Å². The highest BCUT2D eigenvalue weighted by Gasteiger charge is 2.32. The van der Waals surface area contributed by atoms with E-state index in [1.54, 1.807) is 30.2 Å². The maximum Gasteiger partial charge on any atom is 0.266 e. The van der Waals surface area contributed by atoms with Gasteiger partial charge in [0.05, 0.1) is 22.2 Å². The van der Waals surface area contributed by atoms with Gasteiger partial charge >= 0.3 is 0 Å². The van der Waals surface area contributed by atoms with Gasteiger partial charge in [-0.2, -0.15) is 0 Å². The summed E-state index contributed by atoms with van der Waals surface area (Å²) in [7, 11) is 1.58. The number of thioether (sulfide) groups is 1. The van der Waals surface area contributed by atoms with Gasteiger partial charge < -0.3 is 9.47 Å². The number of benzene rings is 3. The van der Waals surface area contributed by atoms with E-state index in [0.29, 0.717) is 44.9 Å². The standard InChI is InChI=1S/C26H21Br2FN2O3S/c1-3-31-25(32)23(35-26(31)30-20-10-8-19(29)9-11-20)14-17-12-21(28)24(22(13-17)33-2)34-15-16-4-6-18(27)7-5-16/h4-14H,3,15H2,1-2H3/b23-14+,30-26?. The van der Waals surface area contributed by atoms with Gasteiger partial charge in [0, 0.05) is 11.0 Å². The Morgan fingerprint density at radius 1 is 1.09 bits per heavy atom. The Bertz CT molecular complexity index is 1300. The third-order valence-corrected chi connectivity index (χ3v) is 7.23. The van der Waals surface area contributed by atoms with Crippen LogP contribution in [-0.2, 0) is 11.4 Å². The number of halogens is 3. The molecule has 0 radical (unpaired) electrons. The summed E-state index contributed by atoms with van der Waals surface area (Å²) in [6.45, 7) is 2.74. The van der Waals surface area contributed by atoms with Crippen LogP contribution < -0.4 is 9.47 Å². The lowest BCUT2D eigenvalue weighted by atomic mass is 10.1. The summed E-state index contributed by atoms with van der Waals surface area (Å²) >= 11 is 8.29. The number of aliphatic imine (C=N–C) groups is 1. The SMILES string of the molecule is CCN1C(=O)/C(=C\c2cc(Br)c(OCc3ccc(Br)cc3)c(OC)c2)SC1=Nc1ccc(F)cc1. The lowest BCUT2D eigenvalue weighted by Crippen LogP contribution is -2.28. The highest BCUT2D eigenvalue weighted by atomic mass is 79.9. The van der Waals surface area contributed by atoms with Crippen molar-refractivity contribution in [2.45, 2.75) is 13.5 Å². The van der Waals surface area contributed by atoms with E-state index in [-0.39, 0.29) is 11.7 Å². The third-order valence-electron chi connectivity index (χ3n) is 5.10. The van der Waals surface area contributed by atoms with Crippen LogP contribution in [0.2, 0.25) is 0 Å². The van der Waals surface area contributed by atoms with E-state index >= 15 is 0 Å². The first-order valence-electron chi connectivity index (χ1n) is 10.7. The van der Waals surface area contributed by atoms with E-state index in [9.17, 15) is 9.18 Å². The van der Waals surface area contributed by atoms with E-state index < -0.39 is 0 Å². The number of ether oxygens (including phenoxy) is 2. The summed E-state index contributed by atoms with van der Waals surface area (Å²) in [6, 6.07) is 17.5. The van der Waals surface area contributed by atoms with Gasteiger partial charge in [0.15, 0.2) is 16.7 Å². The number of hydrogen-bond acceptors (Lipinski definition) is 5. The molecule has 0 N–H and O–H groups in total.